The van der Waals surface area contributed by atoms with Crippen molar-refractivity contribution in [1.82, 2.24) is 5.32 Å². The Morgan fingerprint density at radius 1 is 1.10 bits per heavy atom. The zero-order chi connectivity index (χ0) is 22.5. The fraction of sp³-hybridized carbons (Fsp3) is 0.273. The van der Waals surface area contributed by atoms with Gasteiger partial charge < -0.3 is 15.2 Å². The second kappa shape index (κ2) is 10.1. The Balaban J connectivity index is 2.29. The molecule has 0 bridgehead atoms. The molecule has 0 aliphatic rings. The van der Waals surface area contributed by atoms with E-state index >= 15 is 0 Å². The van der Waals surface area contributed by atoms with Crippen LogP contribution in [0.1, 0.15) is 44.0 Å². The standard InChI is InChI=1S/C22H22Cl2FNO4/c1-22(2,3)30-19(28)10-9-18(27)26-20(16-8-7-15(24)12-17(16)25)21(29)13-5-4-6-14(23)11-13/h4-12,20-21,29H,1-3H3,(H,26,27)/t20-,21-/m1/s1. The van der Waals surface area contributed by atoms with Gasteiger partial charge in [0.25, 0.3) is 0 Å². The van der Waals surface area contributed by atoms with Crippen LogP contribution in [-0.4, -0.2) is 22.6 Å². The van der Waals surface area contributed by atoms with Gasteiger partial charge in [0.15, 0.2) is 0 Å². The summed E-state index contributed by atoms with van der Waals surface area (Å²) in [5.41, 5.74) is -0.320. The molecule has 0 unspecified atom stereocenters. The second-order valence-corrected chi connectivity index (χ2v) is 8.39. The van der Waals surface area contributed by atoms with Crippen LogP contribution in [0.25, 0.3) is 0 Å². The van der Waals surface area contributed by atoms with Crippen LogP contribution in [0.2, 0.25) is 10.0 Å². The van der Waals surface area contributed by atoms with Gasteiger partial charge >= 0.3 is 5.97 Å². The Kier molecular flexibility index (Phi) is 8.01. The molecule has 0 saturated carbocycles. The van der Waals surface area contributed by atoms with Gasteiger partial charge in [0.05, 0.1) is 6.04 Å². The van der Waals surface area contributed by atoms with E-state index in [-0.39, 0.29) is 10.6 Å². The van der Waals surface area contributed by atoms with Crippen molar-refractivity contribution in [3.05, 3.63) is 81.6 Å². The van der Waals surface area contributed by atoms with E-state index in [1.165, 1.54) is 18.2 Å². The third-order valence-corrected chi connectivity index (χ3v) is 4.35. The number of carbonyl (C=O) groups excluding carboxylic acids is 2. The first-order valence-electron chi connectivity index (χ1n) is 9.06. The van der Waals surface area contributed by atoms with E-state index in [1.807, 2.05) is 0 Å². The summed E-state index contributed by atoms with van der Waals surface area (Å²) < 4.78 is 19.6. The summed E-state index contributed by atoms with van der Waals surface area (Å²) in [6.45, 7) is 5.08. The highest BCUT2D eigenvalue weighted by Gasteiger charge is 2.27. The van der Waals surface area contributed by atoms with Crippen molar-refractivity contribution in [1.29, 1.82) is 0 Å². The summed E-state index contributed by atoms with van der Waals surface area (Å²) in [6.07, 6.45) is 0.597. The van der Waals surface area contributed by atoms with E-state index in [1.54, 1.807) is 39.0 Å². The fourth-order valence-corrected chi connectivity index (χ4v) is 3.00. The van der Waals surface area contributed by atoms with Crippen LogP contribution in [0.5, 0.6) is 0 Å². The van der Waals surface area contributed by atoms with Gasteiger partial charge in [0.2, 0.25) is 5.91 Å². The highest BCUT2D eigenvalue weighted by Crippen LogP contribution is 2.32. The number of benzene rings is 2. The minimum absolute atomic E-state index is 0.0193. The van der Waals surface area contributed by atoms with E-state index in [0.29, 0.717) is 10.6 Å². The van der Waals surface area contributed by atoms with Crippen molar-refractivity contribution in [3.8, 4) is 0 Å². The third kappa shape index (κ3) is 7.13. The molecule has 2 atom stereocenters. The van der Waals surface area contributed by atoms with Gasteiger partial charge in [-0.1, -0.05) is 41.4 Å². The van der Waals surface area contributed by atoms with E-state index < -0.39 is 35.4 Å². The SMILES string of the molecule is CC(C)(C)OC(=O)C=CC(=O)N[C@H](c1ccc(Cl)cc1F)[C@H](O)c1cccc(Cl)c1. The molecule has 0 spiro atoms. The number of hydrogen-bond acceptors (Lipinski definition) is 4. The smallest absolute Gasteiger partial charge is 0.331 e. The molecule has 8 heteroatoms. The highest BCUT2D eigenvalue weighted by atomic mass is 35.5. The quantitative estimate of drug-likeness (QED) is 0.480. The predicted octanol–water partition coefficient (Wildman–Crippen LogP) is 4.92. The summed E-state index contributed by atoms with van der Waals surface area (Å²) >= 11 is 11.8. The van der Waals surface area contributed by atoms with E-state index in [0.717, 1.165) is 18.2 Å². The van der Waals surface area contributed by atoms with Crippen LogP contribution in [-0.2, 0) is 14.3 Å². The molecule has 30 heavy (non-hydrogen) atoms. The molecule has 160 valence electrons. The first-order chi connectivity index (χ1) is 14.0. The first kappa shape index (κ1) is 23.9. The summed E-state index contributed by atoms with van der Waals surface area (Å²) in [4.78, 5) is 24.2. The average Bonchev–Trinajstić information content (AvgIpc) is 2.63. The maximum atomic E-state index is 14.5. The molecule has 0 radical (unpaired) electrons. The molecule has 0 saturated heterocycles. The molecule has 1 amide bonds. The number of amides is 1. The van der Waals surface area contributed by atoms with E-state index in [2.05, 4.69) is 5.32 Å². The molecular formula is C22H22Cl2FNO4. The summed E-state index contributed by atoms with van der Waals surface area (Å²) in [5, 5.41) is 13.9. The Bertz CT molecular complexity index is 956. The molecule has 2 aromatic rings. The zero-order valence-electron chi connectivity index (χ0n) is 16.7. The molecule has 0 aliphatic heterocycles. The van der Waals surface area contributed by atoms with Crippen LogP contribution in [0.3, 0.4) is 0 Å². The third-order valence-electron chi connectivity index (χ3n) is 3.88. The topological polar surface area (TPSA) is 75.6 Å². The average molecular weight is 454 g/mol. The molecule has 2 rings (SSSR count). The van der Waals surface area contributed by atoms with Crippen LogP contribution >= 0.6 is 23.2 Å². The van der Waals surface area contributed by atoms with Crippen LogP contribution in [0, 0.1) is 5.82 Å². The van der Waals surface area contributed by atoms with Gasteiger partial charge in [-0.2, -0.15) is 0 Å². The Labute approximate surface area is 184 Å². The van der Waals surface area contributed by atoms with E-state index in [4.69, 9.17) is 27.9 Å². The number of esters is 1. The minimum Gasteiger partial charge on any atom is -0.457 e. The number of aliphatic hydroxyl groups excluding tert-OH is 1. The number of rotatable bonds is 6. The number of aliphatic hydroxyl groups is 1. The van der Waals surface area contributed by atoms with Crippen molar-refractivity contribution in [2.24, 2.45) is 0 Å². The van der Waals surface area contributed by atoms with Gasteiger partial charge in [-0.05, 0) is 50.6 Å². The number of nitrogens with one attached hydrogen (secondary N) is 1. The molecule has 0 aliphatic carbocycles. The molecule has 0 fully saturated rings. The van der Waals surface area contributed by atoms with Crippen molar-refractivity contribution >= 4 is 35.1 Å². The minimum atomic E-state index is -1.32. The number of hydrogen-bond donors (Lipinski definition) is 2. The largest absolute Gasteiger partial charge is 0.457 e. The lowest BCUT2D eigenvalue weighted by atomic mass is 9.95. The van der Waals surface area contributed by atoms with Crippen LogP contribution in [0.15, 0.2) is 54.6 Å². The lowest BCUT2D eigenvalue weighted by molar-refractivity contribution is -0.148. The van der Waals surface area contributed by atoms with Gasteiger partial charge in [0.1, 0.15) is 17.5 Å². The Morgan fingerprint density at radius 2 is 1.77 bits per heavy atom. The van der Waals surface area contributed by atoms with Crippen molar-refractivity contribution in [2.75, 3.05) is 0 Å². The van der Waals surface area contributed by atoms with Gasteiger partial charge in [-0.3, -0.25) is 4.79 Å². The summed E-state index contributed by atoms with van der Waals surface area (Å²) in [7, 11) is 0. The summed E-state index contributed by atoms with van der Waals surface area (Å²) in [5.74, 6) is -2.13. The Hall–Kier alpha value is -2.41. The lowest BCUT2D eigenvalue weighted by Crippen LogP contribution is -2.32. The first-order valence-corrected chi connectivity index (χ1v) is 9.82. The maximum Gasteiger partial charge on any atom is 0.331 e. The second-order valence-electron chi connectivity index (χ2n) is 7.52. The van der Waals surface area contributed by atoms with Crippen molar-refractivity contribution in [2.45, 2.75) is 38.5 Å². The summed E-state index contributed by atoms with van der Waals surface area (Å²) in [6, 6.07) is 9.08. The fourth-order valence-electron chi connectivity index (χ4n) is 2.64. The zero-order valence-corrected chi connectivity index (χ0v) is 18.2. The normalized spacial score (nSPS) is 13.7. The molecule has 0 aromatic heterocycles. The lowest BCUT2D eigenvalue weighted by Gasteiger charge is -2.25. The van der Waals surface area contributed by atoms with Gasteiger partial charge in [0, 0.05) is 27.8 Å². The maximum absolute atomic E-state index is 14.5. The van der Waals surface area contributed by atoms with Crippen LogP contribution in [0.4, 0.5) is 4.39 Å². The Morgan fingerprint density at radius 3 is 2.37 bits per heavy atom. The van der Waals surface area contributed by atoms with Gasteiger partial charge in [-0.15, -0.1) is 0 Å². The van der Waals surface area contributed by atoms with E-state index in [9.17, 15) is 19.1 Å². The molecule has 2 aromatic carbocycles. The van der Waals surface area contributed by atoms with Crippen molar-refractivity contribution < 1.29 is 23.8 Å². The molecule has 0 heterocycles. The number of halogens is 3. The predicted molar refractivity (Wildman–Crippen MR) is 114 cm³/mol. The highest BCUT2D eigenvalue weighted by molar-refractivity contribution is 6.30. The monoisotopic (exact) mass is 453 g/mol. The molecular weight excluding hydrogens is 432 g/mol. The van der Waals surface area contributed by atoms with Gasteiger partial charge in [-0.25, -0.2) is 9.18 Å². The number of carbonyl (C=O) groups is 2. The molecule has 2 N–H and O–H groups in total. The van der Waals surface area contributed by atoms with Crippen molar-refractivity contribution in [3.63, 3.8) is 0 Å². The van der Waals surface area contributed by atoms with Crippen LogP contribution < -0.4 is 5.32 Å². The number of ether oxygens (including phenoxy) is 1. The molecule has 5 nitrogen and oxygen atoms in total.